The smallest absolute Gasteiger partial charge is 0.125 e. The van der Waals surface area contributed by atoms with Crippen molar-refractivity contribution in [3.63, 3.8) is 0 Å². The summed E-state index contributed by atoms with van der Waals surface area (Å²) in [5, 5.41) is 5.70. The summed E-state index contributed by atoms with van der Waals surface area (Å²) in [7, 11) is 0. The van der Waals surface area contributed by atoms with Gasteiger partial charge in [0.05, 0.1) is 10.7 Å². The predicted octanol–water partition coefficient (Wildman–Crippen LogP) is 3.76. The van der Waals surface area contributed by atoms with E-state index in [2.05, 4.69) is 10.3 Å². The number of hydrogen-bond donors (Lipinski definition) is 1. The van der Waals surface area contributed by atoms with Crippen molar-refractivity contribution < 1.29 is 0 Å². The van der Waals surface area contributed by atoms with Crippen LogP contribution in [0.3, 0.4) is 0 Å². The average Bonchev–Trinajstić information content (AvgIpc) is 2.75. The van der Waals surface area contributed by atoms with Crippen LogP contribution in [0.1, 0.15) is 10.6 Å². The van der Waals surface area contributed by atoms with Crippen LogP contribution in [-0.4, -0.2) is 11.5 Å². The SMILES string of the molecule is Clc1ccc(Cl)c(-c2nc3c(s2)CNCC3)c1. The molecule has 2 heterocycles. The molecule has 0 aliphatic carbocycles. The Hall–Kier alpha value is -0.610. The van der Waals surface area contributed by atoms with Gasteiger partial charge in [-0.15, -0.1) is 11.3 Å². The Labute approximate surface area is 114 Å². The molecule has 1 aliphatic rings. The van der Waals surface area contributed by atoms with E-state index in [0.717, 1.165) is 30.1 Å². The first-order valence-electron chi connectivity index (χ1n) is 5.39. The van der Waals surface area contributed by atoms with Crippen LogP contribution in [0.15, 0.2) is 18.2 Å². The van der Waals surface area contributed by atoms with E-state index >= 15 is 0 Å². The van der Waals surface area contributed by atoms with E-state index in [1.165, 1.54) is 10.6 Å². The molecule has 0 saturated carbocycles. The first-order valence-corrected chi connectivity index (χ1v) is 6.96. The highest BCUT2D eigenvalue weighted by Gasteiger charge is 2.17. The van der Waals surface area contributed by atoms with Gasteiger partial charge >= 0.3 is 0 Å². The molecule has 88 valence electrons. The van der Waals surface area contributed by atoms with Gasteiger partial charge < -0.3 is 5.32 Å². The second-order valence-electron chi connectivity index (χ2n) is 3.94. The highest BCUT2D eigenvalue weighted by molar-refractivity contribution is 7.15. The third kappa shape index (κ3) is 2.20. The fourth-order valence-electron chi connectivity index (χ4n) is 1.90. The largest absolute Gasteiger partial charge is 0.311 e. The molecule has 0 amide bonds. The van der Waals surface area contributed by atoms with E-state index in [4.69, 9.17) is 23.2 Å². The molecule has 0 atom stereocenters. The standard InChI is InChI=1S/C12H10Cl2N2S/c13-7-1-2-9(14)8(5-7)12-16-10-3-4-15-6-11(10)17-12/h1-2,5,15H,3-4,6H2. The van der Waals surface area contributed by atoms with Gasteiger partial charge in [0.1, 0.15) is 5.01 Å². The van der Waals surface area contributed by atoms with Crippen LogP contribution in [0, 0.1) is 0 Å². The molecule has 1 aromatic heterocycles. The van der Waals surface area contributed by atoms with Crippen molar-refractivity contribution in [1.29, 1.82) is 0 Å². The zero-order valence-electron chi connectivity index (χ0n) is 8.96. The minimum absolute atomic E-state index is 0.690. The summed E-state index contributed by atoms with van der Waals surface area (Å²) < 4.78 is 0. The van der Waals surface area contributed by atoms with Crippen LogP contribution < -0.4 is 5.32 Å². The summed E-state index contributed by atoms with van der Waals surface area (Å²) in [5.74, 6) is 0. The molecule has 1 aromatic carbocycles. The van der Waals surface area contributed by atoms with Crippen LogP contribution in [0.4, 0.5) is 0 Å². The maximum atomic E-state index is 6.19. The zero-order chi connectivity index (χ0) is 11.8. The number of rotatable bonds is 1. The van der Waals surface area contributed by atoms with Crippen LogP contribution in [0.5, 0.6) is 0 Å². The molecule has 5 heteroatoms. The Balaban J connectivity index is 2.08. The van der Waals surface area contributed by atoms with Gasteiger partial charge in [-0.2, -0.15) is 0 Å². The molecule has 17 heavy (non-hydrogen) atoms. The number of fused-ring (bicyclic) bond motifs is 1. The number of halogens is 2. The van der Waals surface area contributed by atoms with Crippen LogP contribution in [-0.2, 0) is 13.0 Å². The summed E-state index contributed by atoms with van der Waals surface area (Å²) in [4.78, 5) is 5.97. The molecule has 2 aromatic rings. The molecule has 0 fully saturated rings. The Bertz CT molecular complexity index is 542. The van der Waals surface area contributed by atoms with Crippen LogP contribution in [0.25, 0.3) is 10.6 Å². The topological polar surface area (TPSA) is 24.9 Å². The zero-order valence-corrected chi connectivity index (χ0v) is 11.3. The molecular weight excluding hydrogens is 275 g/mol. The quantitative estimate of drug-likeness (QED) is 0.863. The lowest BCUT2D eigenvalue weighted by molar-refractivity contribution is 0.644. The van der Waals surface area contributed by atoms with Crippen LogP contribution in [0.2, 0.25) is 10.0 Å². The lowest BCUT2D eigenvalue weighted by Crippen LogP contribution is -2.22. The number of nitrogens with zero attached hydrogens (tertiary/aromatic N) is 1. The second-order valence-corrected chi connectivity index (χ2v) is 5.87. The minimum Gasteiger partial charge on any atom is -0.311 e. The Morgan fingerprint density at radius 3 is 3.00 bits per heavy atom. The third-order valence-electron chi connectivity index (χ3n) is 2.76. The maximum absolute atomic E-state index is 6.19. The van der Waals surface area contributed by atoms with Crippen molar-refractivity contribution >= 4 is 34.5 Å². The van der Waals surface area contributed by atoms with Crippen molar-refractivity contribution in [1.82, 2.24) is 10.3 Å². The maximum Gasteiger partial charge on any atom is 0.125 e. The average molecular weight is 285 g/mol. The van der Waals surface area contributed by atoms with E-state index in [0.29, 0.717) is 10.0 Å². The number of thiazole rings is 1. The van der Waals surface area contributed by atoms with Gasteiger partial charge in [-0.1, -0.05) is 23.2 Å². The lowest BCUT2D eigenvalue weighted by atomic mass is 10.2. The summed E-state index contributed by atoms with van der Waals surface area (Å²) >= 11 is 13.9. The summed E-state index contributed by atoms with van der Waals surface area (Å²) in [6, 6.07) is 5.49. The first-order chi connectivity index (χ1) is 8.24. The normalized spacial score (nSPS) is 14.7. The van der Waals surface area contributed by atoms with Gasteiger partial charge in [0, 0.05) is 35.0 Å². The van der Waals surface area contributed by atoms with Crippen molar-refractivity contribution in [2.45, 2.75) is 13.0 Å². The first kappa shape index (κ1) is 11.5. The Morgan fingerprint density at radius 2 is 2.18 bits per heavy atom. The summed E-state index contributed by atoms with van der Waals surface area (Å²) in [6.45, 7) is 1.91. The van der Waals surface area contributed by atoms with Gasteiger partial charge in [0.15, 0.2) is 0 Å². The summed E-state index contributed by atoms with van der Waals surface area (Å²) in [6.07, 6.45) is 0.990. The molecule has 0 radical (unpaired) electrons. The molecule has 0 saturated heterocycles. The molecule has 2 nitrogen and oxygen atoms in total. The highest BCUT2D eigenvalue weighted by Crippen LogP contribution is 2.35. The number of hydrogen-bond acceptors (Lipinski definition) is 3. The van der Waals surface area contributed by atoms with Crippen molar-refractivity contribution in [2.75, 3.05) is 6.54 Å². The van der Waals surface area contributed by atoms with Gasteiger partial charge in [-0.25, -0.2) is 4.98 Å². The molecule has 3 rings (SSSR count). The fourth-order valence-corrected chi connectivity index (χ4v) is 3.45. The third-order valence-corrected chi connectivity index (χ3v) is 4.46. The molecular formula is C12H10Cl2N2S. The van der Waals surface area contributed by atoms with Crippen molar-refractivity contribution in [3.05, 3.63) is 38.8 Å². The van der Waals surface area contributed by atoms with E-state index in [-0.39, 0.29) is 0 Å². The monoisotopic (exact) mass is 284 g/mol. The van der Waals surface area contributed by atoms with Gasteiger partial charge in [0.25, 0.3) is 0 Å². The van der Waals surface area contributed by atoms with E-state index in [1.807, 2.05) is 12.1 Å². The van der Waals surface area contributed by atoms with E-state index < -0.39 is 0 Å². The Morgan fingerprint density at radius 1 is 1.29 bits per heavy atom. The minimum atomic E-state index is 0.690. The second kappa shape index (κ2) is 4.58. The molecule has 0 bridgehead atoms. The van der Waals surface area contributed by atoms with E-state index in [9.17, 15) is 0 Å². The van der Waals surface area contributed by atoms with Crippen molar-refractivity contribution in [3.8, 4) is 10.6 Å². The van der Waals surface area contributed by atoms with Crippen LogP contribution >= 0.6 is 34.5 Å². The number of nitrogens with one attached hydrogen (secondary N) is 1. The number of aromatic nitrogens is 1. The number of benzene rings is 1. The Kier molecular flexibility index (Phi) is 3.09. The van der Waals surface area contributed by atoms with Gasteiger partial charge in [-0.3, -0.25) is 0 Å². The molecule has 0 unspecified atom stereocenters. The van der Waals surface area contributed by atoms with Gasteiger partial charge in [-0.05, 0) is 18.2 Å². The van der Waals surface area contributed by atoms with Crippen molar-refractivity contribution in [2.24, 2.45) is 0 Å². The van der Waals surface area contributed by atoms with Gasteiger partial charge in [0.2, 0.25) is 0 Å². The lowest BCUT2D eigenvalue weighted by Gasteiger charge is -2.09. The molecule has 0 spiro atoms. The highest BCUT2D eigenvalue weighted by atomic mass is 35.5. The predicted molar refractivity (Wildman–Crippen MR) is 73.0 cm³/mol. The molecule has 1 aliphatic heterocycles. The molecule has 1 N–H and O–H groups in total. The fraction of sp³-hybridized carbons (Fsp3) is 0.250. The van der Waals surface area contributed by atoms with E-state index in [1.54, 1.807) is 17.4 Å². The summed E-state index contributed by atoms with van der Waals surface area (Å²) in [5.41, 5.74) is 2.12.